The van der Waals surface area contributed by atoms with Gasteiger partial charge in [-0.15, -0.1) is 11.3 Å². The minimum Gasteiger partial charge on any atom is -0.330 e. The molecule has 24 heavy (non-hydrogen) atoms. The summed E-state index contributed by atoms with van der Waals surface area (Å²) in [5.74, 6) is 0.250. The predicted octanol–water partition coefficient (Wildman–Crippen LogP) is 4.59. The molecule has 1 saturated carbocycles. The molecule has 0 spiro atoms. The summed E-state index contributed by atoms with van der Waals surface area (Å²) in [5, 5.41) is 1.01. The van der Waals surface area contributed by atoms with Gasteiger partial charge in [-0.3, -0.25) is 4.79 Å². The quantitative estimate of drug-likeness (QED) is 0.766. The van der Waals surface area contributed by atoms with Crippen LogP contribution in [0.15, 0.2) is 24.3 Å². The Labute approximate surface area is 146 Å². The van der Waals surface area contributed by atoms with E-state index in [9.17, 15) is 9.18 Å². The SMILES string of the molecule is Cc1nc(CC(C)C)sc1C(=O)N(Cc1ccccc1F)C1CC1. The highest BCUT2D eigenvalue weighted by Crippen LogP contribution is 2.32. The summed E-state index contributed by atoms with van der Waals surface area (Å²) in [6.45, 7) is 6.51. The van der Waals surface area contributed by atoms with Crippen LogP contribution in [0, 0.1) is 18.7 Å². The summed E-state index contributed by atoms with van der Waals surface area (Å²) < 4.78 is 14.0. The van der Waals surface area contributed by atoms with Gasteiger partial charge in [0.2, 0.25) is 0 Å². The Bertz CT molecular complexity index is 737. The van der Waals surface area contributed by atoms with E-state index in [1.54, 1.807) is 12.1 Å². The van der Waals surface area contributed by atoms with Gasteiger partial charge in [0.25, 0.3) is 5.91 Å². The number of aryl methyl sites for hydroxylation is 1. The molecule has 1 aliphatic rings. The van der Waals surface area contributed by atoms with Gasteiger partial charge < -0.3 is 4.90 Å². The monoisotopic (exact) mass is 346 g/mol. The molecule has 1 heterocycles. The van der Waals surface area contributed by atoms with Crippen molar-refractivity contribution in [2.45, 2.75) is 52.6 Å². The van der Waals surface area contributed by atoms with Gasteiger partial charge in [0.15, 0.2) is 0 Å². The fourth-order valence-corrected chi connectivity index (χ4v) is 4.01. The molecule has 1 amide bonds. The number of carbonyl (C=O) groups excluding carboxylic acids is 1. The number of aromatic nitrogens is 1. The van der Waals surface area contributed by atoms with E-state index in [4.69, 9.17) is 0 Å². The molecule has 3 rings (SSSR count). The number of thiazole rings is 1. The standard InChI is InChI=1S/C19H23FN2OS/c1-12(2)10-17-21-13(3)18(24-17)19(23)22(15-8-9-15)11-14-6-4-5-7-16(14)20/h4-7,12,15H,8-11H2,1-3H3. The average Bonchev–Trinajstić information content (AvgIpc) is 3.29. The highest BCUT2D eigenvalue weighted by Gasteiger charge is 2.35. The van der Waals surface area contributed by atoms with E-state index in [2.05, 4.69) is 18.8 Å². The van der Waals surface area contributed by atoms with Crippen LogP contribution in [0.2, 0.25) is 0 Å². The van der Waals surface area contributed by atoms with Gasteiger partial charge in [-0.05, 0) is 31.7 Å². The second-order valence-corrected chi connectivity index (χ2v) is 7.96. The lowest BCUT2D eigenvalue weighted by atomic mass is 10.1. The van der Waals surface area contributed by atoms with Gasteiger partial charge in [-0.25, -0.2) is 9.37 Å². The maximum absolute atomic E-state index is 14.0. The van der Waals surface area contributed by atoms with Crippen LogP contribution >= 0.6 is 11.3 Å². The van der Waals surface area contributed by atoms with Crippen LogP contribution in [0.1, 0.15) is 52.6 Å². The lowest BCUT2D eigenvalue weighted by molar-refractivity contribution is 0.0732. The van der Waals surface area contributed by atoms with Gasteiger partial charge in [0.1, 0.15) is 10.7 Å². The van der Waals surface area contributed by atoms with Crippen molar-refractivity contribution < 1.29 is 9.18 Å². The first-order valence-corrected chi connectivity index (χ1v) is 9.28. The molecule has 3 nitrogen and oxygen atoms in total. The minimum atomic E-state index is -0.252. The lowest BCUT2D eigenvalue weighted by Gasteiger charge is -2.22. The normalized spacial score (nSPS) is 14.2. The molecule has 0 radical (unpaired) electrons. The summed E-state index contributed by atoms with van der Waals surface area (Å²) in [6, 6.07) is 6.91. The number of carbonyl (C=O) groups is 1. The van der Waals surface area contributed by atoms with Crippen LogP contribution in [-0.2, 0) is 13.0 Å². The van der Waals surface area contributed by atoms with Gasteiger partial charge in [-0.1, -0.05) is 32.0 Å². The zero-order valence-electron chi connectivity index (χ0n) is 14.4. The van der Waals surface area contributed by atoms with E-state index in [-0.39, 0.29) is 17.8 Å². The van der Waals surface area contributed by atoms with Crippen LogP contribution < -0.4 is 0 Å². The molecule has 1 aromatic heterocycles. The average molecular weight is 346 g/mol. The third-order valence-corrected chi connectivity index (χ3v) is 5.33. The molecule has 1 aliphatic carbocycles. The number of benzene rings is 1. The van der Waals surface area contributed by atoms with E-state index in [1.807, 2.05) is 17.9 Å². The number of halogens is 1. The van der Waals surface area contributed by atoms with Crippen molar-refractivity contribution in [3.05, 3.63) is 51.2 Å². The molecule has 1 fully saturated rings. The largest absolute Gasteiger partial charge is 0.330 e. The second-order valence-electron chi connectivity index (χ2n) is 6.88. The minimum absolute atomic E-state index is 0.00856. The Kier molecular flexibility index (Phi) is 4.99. The highest BCUT2D eigenvalue weighted by molar-refractivity contribution is 7.13. The van der Waals surface area contributed by atoms with Crippen molar-refractivity contribution in [3.63, 3.8) is 0 Å². The number of amides is 1. The Morgan fingerprint density at radius 3 is 2.71 bits per heavy atom. The zero-order valence-corrected chi connectivity index (χ0v) is 15.2. The lowest BCUT2D eigenvalue weighted by Crippen LogP contribution is -2.32. The molecule has 0 bridgehead atoms. The van der Waals surface area contributed by atoms with Gasteiger partial charge in [0.05, 0.1) is 10.7 Å². The second kappa shape index (κ2) is 7.01. The van der Waals surface area contributed by atoms with E-state index < -0.39 is 0 Å². The summed E-state index contributed by atoms with van der Waals surface area (Å²) in [5.41, 5.74) is 1.36. The molecule has 0 unspecified atom stereocenters. The number of rotatable bonds is 6. The summed E-state index contributed by atoms with van der Waals surface area (Å²) in [4.78, 5) is 20.1. The van der Waals surface area contributed by atoms with Crippen LogP contribution in [0.4, 0.5) is 4.39 Å². The van der Waals surface area contributed by atoms with Crippen molar-refractivity contribution in [3.8, 4) is 0 Å². The maximum atomic E-state index is 14.0. The maximum Gasteiger partial charge on any atom is 0.266 e. The molecule has 0 saturated heterocycles. The van der Waals surface area contributed by atoms with E-state index in [0.717, 1.165) is 30.0 Å². The smallest absolute Gasteiger partial charge is 0.266 e. The third kappa shape index (κ3) is 3.83. The number of hydrogen-bond acceptors (Lipinski definition) is 3. The van der Waals surface area contributed by atoms with Gasteiger partial charge in [-0.2, -0.15) is 0 Å². The van der Waals surface area contributed by atoms with Crippen molar-refractivity contribution >= 4 is 17.2 Å². The fraction of sp³-hybridized carbons (Fsp3) is 0.474. The van der Waals surface area contributed by atoms with E-state index in [0.29, 0.717) is 22.9 Å². The Hall–Kier alpha value is -1.75. The molecule has 0 N–H and O–H groups in total. The van der Waals surface area contributed by atoms with Crippen LogP contribution in [0.25, 0.3) is 0 Å². The molecular formula is C19H23FN2OS. The van der Waals surface area contributed by atoms with Crippen molar-refractivity contribution in [1.82, 2.24) is 9.88 Å². The zero-order chi connectivity index (χ0) is 17.3. The topological polar surface area (TPSA) is 33.2 Å². The first-order chi connectivity index (χ1) is 11.5. The van der Waals surface area contributed by atoms with E-state index >= 15 is 0 Å². The molecule has 1 aromatic carbocycles. The molecular weight excluding hydrogens is 323 g/mol. The van der Waals surface area contributed by atoms with Crippen molar-refractivity contribution in [1.29, 1.82) is 0 Å². The van der Waals surface area contributed by atoms with Crippen LogP contribution in [-0.4, -0.2) is 21.8 Å². The molecule has 128 valence electrons. The van der Waals surface area contributed by atoms with Gasteiger partial charge in [0, 0.05) is 24.6 Å². The third-order valence-electron chi connectivity index (χ3n) is 4.17. The Morgan fingerprint density at radius 1 is 1.38 bits per heavy atom. The van der Waals surface area contributed by atoms with Crippen LogP contribution in [0.3, 0.4) is 0 Å². The number of hydrogen-bond donors (Lipinski definition) is 0. The van der Waals surface area contributed by atoms with Crippen molar-refractivity contribution in [2.24, 2.45) is 5.92 Å². The number of nitrogens with zero attached hydrogens (tertiary/aromatic N) is 2. The Morgan fingerprint density at radius 2 is 2.08 bits per heavy atom. The van der Waals surface area contributed by atoms with Crippen molar-refractivity contribution in [2.75, 3.05) is 0 Å². The van der Waals surface area contributed by atoms with Crippen LogP contribution in [0.5, 0.6) is 0 Å². The fourth-order valence-electron chi connectivity index (χ4n) is 2.78. The summed E-state index contributed by atoms with van der Waals surface area (Å²) in [7, 11) is 0. The predicted molar refractivity (Wildman–Crippen MR) is 94.7 cm³/mol. The summed E-state index contributed by atoms with van der Waals surface area (Å²) >= 11 is 1.49. The molecule has 0 atom stereocenters. The summed E-state index contributed by atoms with van der Waals surface area (Å²) in [6.07, 6.45) is 2.88. The van der Waals surface area contributed by atoms with Gasteiger partial charge >= 0.3 is 0 Å². The highest BCUT2D eigenvalue weighted by atomic mass is 32.1. The Balaban J connectivity index is 1.83. The molecule has 2 aromatic rings. The van der Waals surface area contributed by atoms with E-state index in [1.165, 1.54) is 17.4 Å². The molecule has 5 heteroatoms. The first-order valence-electron chi connectivity index (χ1n) is 8.46. The first kappa shape index (κ1) is 17.1. The molecule has 0 aliphatic heterocycles.